The Bertz CT molecular complexity index is 1120. The topological polar surface area (TPSA) is 52.3 Å². The van der Waals surface area contributed by atoms with Crippen LogP contribution < -0.4 is 10.4 Å². The van der Waals surface area contributed by atoms with E-state index in [-0.39, 0.29) is 5.82 Å². The van der Waals surface area contributed by atoms with Gasteiger partial charge in [-0.05, 0) is 36.4 Å². The van der Waals surface area contributed by atoms with Crippen LogP contribution in [0.1, 0.15) is 0 Å². The molecule has 0 bridgehead atoms. The molecule has 0 aliphatic rings. The molecule has 0 spiro atoms. The molecular weight excluding hydrogens is 341 g/mol. The van der Waals surface area contributed by atoms with Gasteiger partial charge in [-0.15, -0.1) is 11.3 Å². The fraction of sp³-hybridized carbons (Fsp3) is 0.0526. The van der Waals surface area contributed by atoms with Gasteiger partial charge in [-0.3, -0.25) is 0 Å². The summed E-state index contributed by atoms with van der Waals surface area (Å²) in [6.07, 6.45) is 0. The maximum Gasteiger partial charge on any atom is 0.346 e. The van der Waals surface area contributed by atoms with E-state index in [1.54, 1.807) is 24.3 Å². The van der Waals surface area contributed by atoms with E-state index in [2.05, 4.69) is 4.98 Å². The summed E-state index contributed by atoms with van der Waals surface area (Å²) in [5, 5.41) is 3.14. The largest absolute Gasteiger partial charge is 0.493 e. The lowest BCUT2D eigenvalue weighted by molar-refractivity contribution is 0.407. The molecule has 0 aliphatic heterocycles. The lowest BCUT2D eigenvalue weighted by Crippen LogP contribution is -2.03. The molecule has 2 aromatic carbocycles. The SMILES string of the molecule is COc1cccc2cc(-c3nc(-c4ccc(F)cc4)cs3)c(=O)oc12. The van der Waals surface area contributed by atoms with Crippen LogP contribution in [0.3, 0.4) is 0 Å². The number of thiazole rings is 1. The number of halogens is 1. The van der Waals surface area contributed by atoms with Crippen LogP contribution in [0.4, 0.5) is 4.39 Å². The first-order valence-corrected chi connectivity index (χ1v) is 8.36. The third-order valence-corrected chi connectivity index (χ3v) is 4.69. The van der Waals surface area contributed by atoms with E-state index in [0.717, 1.165) is 10.9 Å². The second kappa shape index (κ2) is 6.14. The molecule has 2 aromatic heterocycles. The Morgan fingerprint density at radius 1 is 1.16 bits per heavy atom. The molecule has 0 saturated heterocycles. The summed E-state index contributed by atoms with van der Waals surface area (Å²) in [7, 11) is 1.53. The number of ether oxygens (including phenoxy) is 1. The minimum atomic E-state index is -0.475. The van der Waals surface area contributed by atoms with Crippen molar-refractivity contribution in [2.24, 2.45) is 0 Å². The van der Waals surface area contributed by atoms with Crippen molar-refractivity contribution in [2.75, 3.05) is 7.11 Å². The number of methoxy groups -OCH3 is 1. The highest BCUT2D eigenvalue weighted by atomic mass is 32.1. The van der Waals surface area contributed by atoms with Gasteiger partial charge in [0.15, 0.2) is 11.3 Å². The first kappa shape index (κ1) is 15.5. The molecular formula is C19H12FNO3S. The summed E-state index contributed by atoms with van der Waals surface area (Å²) >= 11 is 1.34. The van der Waals surface area contributed by atoms with E-state index in [1.165, 1.54) is 30.6 Å². The molecule has 2 heterocycles. The van der Waals surface area contributed by atoms with Gasteiger partial charge in [0.05, 0.1) is 18.4 Å². The quantitative estimate of drug-likeness (QED) is 0.500. The highest BCUT2D eigenvalue weighted by Crippen LogP contribution is 2.31. The standard InChI is InChI=1S/C19H12FNO3S/c1-23-16-4-2-3-12-9-14(19(22)24-17(12)16)18-21-15(10-25-18)11-5-7-13(20)8-6-11/h2-10H,1H3. The molecule has 0 aliphatic carbocycles. The maximum absolute atomic E-state index is 13.1. The molecule has 0 N–H and O–H groups in total. The summed E-state index contributed by atoms with van der Waals surface area (Å²) in [4.78, 5) is 16.9. The zero-order valence-corrected chi connectivity index (χ0v) is 14.0. The molecule has 4 aromatic rings. The second-order valence-corrected chi connectivity index (χ2v) is 6.23. The number of nitrogens with zero attached hydrogens (tertiary/aromatic N) is 1. The lowest BCUT2D eigenvalue weighted by Gasteiger charge is -2.04. The van der Waals surface area contributed by atoms with Crippen molar-refractivity contribution in [1.82, 2.24) is 4.98 Å². The average Bonchev–Trinajstić information content (AvgIpc) is 3.11. The minimum Gasteiger partial charge on any atom is -0.493 e. The van der Waals surface area contributed by atoms with Crippen LogP contribution >= 0.6 is 11.3 Å². The molecule has 0 amide bonds. The van der Waals surface area contributed by atoms with Crippen molar-refractivity contribution in [3.63, 3.8) is 0 Å². The number of rotatable bonds is 3. The van der Waals surface area contributed by atoms with Gasteiger partial charge in [-0.2, -0.15) is 0 Å². The van der Waals surface area contributed by atoms with Crippen LogP contribution in [0.2, 0.25) is 0 Å². The maximum atomic E-state index is 13.1. The number of para-hydroxylation sites is 1. The minimum absolute atomic E-state index is 0.302. The van der Waals surface area contributed by atoms with Crippen LogP contribution in [0.25, 0.3) is 32.8 Å². The lowest BCUT2D eigenvalue weighted by atomic mass is 10.1. The summed E-state index contributed by atoms with van der Waals surface area (Å²) < 4.78 is 23.7. The molecule has 25 heavy (non-hydrogen) atoms. The molecule has 6 heteroatoms. The van der Waals surface area contributed by atoms with Crippen molar-refractivity contribution in [3.05, 3.63) is 70.1 Å². The van der Waals surface area contributed by atoms with E-state index in [0.29, 0.717) is 27.6 Å². The molecule has 0 radical (unpaired) electrons. The summed E-state index contributed by atoms with van der Waals surface area (Å²) in [6.45, 7) is 0. The first-order valence-electron chi connectivity index (χ1n) is 7.48. The van der Waals surface area contributed by atoms with Crippen molar-refractivity contribution in [1.29, 1.82) is 0 Å². The molecule has 0 saturated carbocycles. The van der Waals surface area contributed by atoms with Crippen LogP contribution in [0, 0.1) is 5.82 Å². The van der Waals surface area contributed by atoms with E-state index < -0.39 is 5.63 Å². The number of hydrogen-bond acceptors (Lipinski definition) is 5. The Morgan fingerprint density at radius 3 is 2.72 bits per heavy atom. The second-order valence-electron chi connectivity index (χ2n) is 5.37. The highest BCUT2D eigenvalue weighted by molar-refractivity contribution is 7.13. The number of aromatic nitrogens is 1. The number of fused-ring (bicyclic) bond motifs is 1. The highest BCUT2D eigenvalue weighted by Gasteiger charge is 2.14. The van der Waals surface area contributed by atoms with Gasteiger partial charge in [0.25, 0.3) is 0 Å². The Labute approximate surface area is 146 Å². The van der Waals surface area contributed by atoms with E-state index >= 15 is 0 Å². The van der Waals surface area contributed by atoms with Crippen LogP contribution in [-0.4, -0.2) is 12.1 Å². The van der Waals surface area contributed by atoms with Gasteiger partial charge in [0.1, 0.15) is 10.8 Å². The Morgan fingerprint density at radius 2 is 1.96 bits per heavy atom. The molecule has 124 valence electrons. The average molecular weight is 353 g/mol. The molecule has 4 rings (SSSR count). The van der Waals surface area contributed by atoms with E-state index in [9.17, 15) is 9.18 Å². The molecule has 0 unspecified atom stereocenters. The molecule has 0 fully saturated rings. The summed E-state index contributed by atoms with van der Waals surface area (Å²) in [6, 6.07) is 13.2. The van der Waals surface area contributed by atoms with Gasteiger partial charge < -0.3 is 9.15 Å². The van der Waals surface area contributed by atoms with Crippen molar-refractivity contribution in [2.45, 2.75) is 0 Å². The fourth-order valence-corrected chi connectivity index (χ4v) is 3.41. The summed E-state index contributed by atoms with van der Waals surface area (Å²) in [5.41, 5.74) is 1.80. The van der Waals surface area contributed by atoms with Gasteiger partial charge in [-0.1, -0.05) is 12.1 Å². The van der Waals surface area contributed by atoms with Crippen molar-refractivity contribution >= 4 is 22.3 Å². The zero-order valence-electron chi connectivity index (χ0n) is 13.2. The Kier molecular flexibility index (Phi) is 3.82. The van der Waals surface area contributed by atoms with Crippen LogP contribution in [0.15, 0.2) is 63.1 Å². The van der Waals surface area contributed by atoms with Gasteiger partial charge in [0.2, 0.25) is 0 Å². The molecule has 4 nitrogen and oxygen atoms in total. The third kappa shape index (κ3) is 2.81. The first-order chi connectivity index (χ1) is 12.2. The smallest absolute Gasteiger partial charge is 0.346 e. The van der Waals surface area contributed by atoms with Gasteiger partial charge in [0, 0.05) is 16.3 Å². The third-order valence-electron chi connectivity index (χ3n) is 3.82. The number of benzene rings is 2. The number of hydrogen-bond donors (Lipinski definition) is 0. The summed E-state index contributed by atoms with van der Waals surface area (Å²) in [5.74, 6) is 0.204. The Balaban J connectivity index is 1.81. The van der Waals surface area contributed by atoms with Crippen molar-refractivity contribution < 1.29 is 13.5 Å². The van der Waals surface area contributed by atoms with Crippen LogP contribution in [0.5, 0.6) is 5.75 Å². The van der Waals surface area contributed by atoms with Gasteiger partial charge in [-0.25, -0.2) is 14.2 Å². The predicted octanol–water partition coefficient (Wildman–Crippen LogP) is 4.73. The normalized spacial score (nSPS) is 11.0. The zero-order chi connectivity index (χ0) is 17.4. The van der Waals surface area contributed by atoms with Crippen LogP contribution in [-0.2, 0) is 0 Å². The van der Waals surface area contributed by atoms with E-state index in [1.807, 2.05) is 17.5 Å². The monoisotopic (exact) mass is 353 g/mol. The molecule has 0 atom stereocenters. The fourth-order valence-electron chi connectivity index (χ4n) is 2.58. The van der Waals surface area contributed by atoms with E-state index in [4.69, 9.17) is 9.15 Å². The predicted molar refractivity (Wildman–Crippen MR) is 95.5 cm³/mol. The van der Waals surface area contributed by atoms with Crippen molar-refractivity contribution in [3.8, 4) is 27.6 Å². The Hall–Kier alpha value is -2.99. The van der Waals surface area contributed by atoms with Gasteiger partial charge >= 0.3 is 5.63 Å².